The zero-order valence-electron chi connectivity index (χ0n) is 23.0. The molecule has 0 bridgehead atoms. The van der Waals surface area contributed by atoms with Crippen molar-refractivity contribution in [3.8, 4) is 0 Å². The second kappa shape index (κ2) is 39.5. The van der Waals surface area contributed by atoms with Gasteiger partial charge in [0.05, 0.1) is 0 Å². The van der Waals surface area contributed by atoms with Gasteiger partial charge in [0.15, 0.2) is 0 Å². The Morgan fingerprint density at radius 2 is 0.167 bits per heavy atom. The molecule has 0 aromatic heterocycles. The standard InChI is InChI=1S/6C4H8.3C2H6/c6*1-2-4-3-1;3*1-2/h6*1-4H2;3*1-2H3. The summed E-state index contributed by atoms with van der Waals surface area (Å²) in [5, 5.41) is 0. The number of rotatable bonds is 0. The molecule has 30 heavy (non-hydrogen) atoms. The molecule has 0 unspecified atom stereocenters. The van der Waals surface area contributed by atoms with Crippen LogP contribution in [-0.4, -0.2) is 0 Å². The number of hydrogen-bond donors (Lipinski definition) is 0. The summed E-state index contributed by atoms with van der Waals surface area (Å²) in [6, 6.07) is 0. The molecule has 6 fully saturated rings. The highest BCUT2D eigenvalue weighted by molar-refractivity contribution is 4.52. The van der Waals surface area contributed by atoms with Crippen LogP contribution >= 0.6 is 0 Å². The highest BCUT2D eigenvalue weighted by Gasteiger charge is 1.97. The van der Waals surface area contributed by atoms with Crippen molar-refractivity contribution in [3.05, 3.63) is 0 Å². The van der Waals surface area contributed by atoms with E-state index in [9.17, 15) is 0 Å². The fourth-order valence-corrected chi connectivity index (χ4v) is 1.50. The zero-order chi connectivity index (χ0) is 23.0. The van der Waals surface area contributed by atoms with Gasteiger partial charge in [-0.3, -0.25) is 0 Å². The third-order valence-corrected chi connectivity index (χ3v) is 6.00. The van der Waals surface area contributed by atoms with Crippen LogP contribution in [0.4, 0.5) is 0 Å². The van der Waals surface area contributed by atoms with Gasteiger partial charge in [0.1, 0.15) is 0 Å². The van der Waals surface area contributed by atoms with E-state index in [0.29, 0.717) is 0 Å². The summed E-state index contributed by atoms with van der Waals surface area (Å²) in [7, 11) is 0. The third-order valence-electron chi connectivity index (χ3n) is 6.00. The van der Waals surface area contributed by atoms with Crippen molar-refractivity contribution in [2.75, 3.05) is 0 Å². The Balaban J connectivity index is -0.000000278. The van der Waals surface area contributed by atoms with Crippen molar-refractivity contribution in [2.45, 2.75) is 196 Å². The Morgan fingerprint density at radius 1 is 0.133 bits per heavy atom. The van der Waals surface area contributed by atoms with Gasteiger partial charge in [0.25, 0.3) is 0 Å². The Kier molecular flexibility index (Phi) is 45.5. The maximum atomic E-state index is 2.00. The molecule has 0 spiro atoms. The van der Waals surface area contributed by atoms with Crippen LogP contribution in [0.15, 0.2) is 0 Å². The summed E-state index contributed by atoms with van der Waals surface area (Å²) in [6.07, 6.45) is 36.0. The minimum Gasteiger partial charge on any atom is -0.0683 e. The van der Waals surface area contributed by atoms with Gasteiger partial charge in [-0.25, -0.2) is 0 Å². The monoisotopic (exact) mass is 427 g/mol. The van der Waals surface area contributed by atoms with Gasteiger partial charge < -0.3 is 0 Å². The zero-order valence-corrected chi connectivity index (χ0v) is 23.0. The molecule has 6 aliphatic carbocycles. The number of hydrogen-bond acceptors (Lipinski definition) is 0. The van der Waals surface area contributed by atoms with Crippen LogP contribution in [-0.2, 0) is 0 Å². The Hall–Kier alpha value is 0. The molecule has 6 aliphatic rings. The lowest BCUT2D eigenvalue weighted by Crippen LogP contribution is -1.85. The van der Waals surface area contributed by atoms with Crippen LogP contribution < -0.4 is 0 Å². The molecule has 0 N–H and O–H groups in total. The van der Waals surface area contributed by atoms with Crippen molar-refractivity contribution in [2.24, 2.45) is 0 Å². The highest BCUT2D eigenvalue weighted by atomic mass is 14.0. The predicted octanol–water partition coefficient (Wildman–Crippen LogP) is 12.4. The summed E-state index contributed by atoms with van der Waals surface area (Å²) >= 11 is 0. The van der Waals surface area contributed by atoms with E-state index in [1.54, 1.807) is 0 Å². The minimum atomic E-state index is 1.50. The Morgan fingerprint density at radius 3 is 0.167 bits per heavy atom. The lowest BCUT2D eigenvalue weighted by atomic mass is 10.0. The molecule has 0 heteroatoms. The molecule has 186 valence electrons. The Labute approximate surface area is 195 Å². The van der Waals surface area contributed by atoms with Gasteiger partial charge in [-0.2, -0.15) is 0 Å². The second-order valence-corrected chi connectivity index (χ2v) is 8.49. The molecular formula is C30H66. The first-order chi connectivity index (χ1) is 15.0. The summed E-state index contributed by atoms with van der Waals surface area (Å²) in [4.78, 5) is 0. The summed E-state index contributed by atoms with van der Waals surface area (Å²) in [5.74, 6) is 0. The van der Waals surface area contributed by atoms with Crippen molar-refractivity contribution in [3.63, 3.8) is 0 Å². The van der Waals surface area contributed by atoms with E-state index in [1.807, 2.05) is 41.5 Å². The van der Waals surface area contributed by atoms with E-state index in [4.69, 9.17) is 0 Å². The summed E-state index contributed by atoms with van der Waals surface area (Å²) in [6.45, 7) is 12.0. The first-order valence-corrected chi connectivity index (χ1v) is 15.0. The van der Waals surface area contributed by atoms with E-state index in [2.05, 4.69) is 0 Å². The maximum absolute atomic E-state index is 2.00. The molecular weight excluding hydrogens is 360 g/mol. The molecule has 0 aromatic carbocycles. The van der Waals surface area contributed by atoms with E-state index in [-0.39, 0.29) is 0 Å². The van der Waals surface area contributed by atoms with Crippen LogP contribution in [0.1, 0.15) is 196 Å². The van der Waals surface area contributed by atoms with Gasteiger partial charge in [0.2, 0.25) is 0 Å². The summed E-state index contributed by atoms with van der Waals surface area (Å²) in [5.41, 5.74) is 0. The average molecular weight is 427 g/mol. The lowest BCUT2D eigenvalue weighted by molar-refractivity contribution is 0.504. The fourth-order valence-electron chi connectivity index (χ4n) is 1.50. The van der Waals surface area contributed by atoms with Gasteiger partial charge in [-0.05, 0) is 0 Å². The molecule has 0 nitrogen and oxygen atoms in total. The molecule has 0 aromatic rings. The van der Waals surface area contributed by atoms with Gasteiger partial charge in [0, 0.05) is 0 Å². The van der Waals surface area contributed by atoms with Crippen LogP contribution in [0.25, 0.3) is 0 Å². The molecule has 0 heterocycles. The van der Waals surface area contributed by atoms with E-state index < -0.39 is 0 Å². The largest absolute Gasteiger partial charge is 0.0683 e. The van der Waals surface area contributed by atoms with Crippen LogP contribution in [0, 0.1) is 0 Å². The molecule has 6 rings (SSSR count). The van der Waals surface area contributed by atoms with Crippen LogP contribution in [0.2, 0.25) is 0 Å². The first kappa shape index (κ1) is 34.6. The summed E-state index contributed by atoms with van der Waals surface area (Å²) < 4.78 is 0. The normalized spacial score (nSPS) is 19.8. The second-order valence-electron chi connectivity index (χ2n) is 8.49. The van der Waals surface area contributed by atoms with Crippen molar-refractivity contribution < 1.29 is 0 Å². The average Bonchev–Trinajstić information content (AvgIpc) is 2.42. The Bertz CT molecular complexity index is 110. The third kappa shape index (κ3) is 35.4. The van der Waals surface area contributed by atoms with E-state index in [1.165, 1.54) is 154 Å². The van der Waals surface area contributed by atoms with E-state index in [0.717, 1.165) is 0 Å². The SMILES string of the molecule is C1CCC1.C1CCC1.C1CCC1.C1CCC1.C1CCC1.C1CCC1.CC.CC.CC. The lowest BCUT2D eigenvalue weighted by Gasteiger charge is -2.05. The first-order valence-electron chi connectivity index (χ1n) is 15.0. The minimum absolute atomic E-state index is 1.50. The highest BCUT2D eigenvalue weighted by Crippen LogP contribution is 2.17. The molecule has 0 radical (unpaired) electrons. The van der Waals surface area contributed by atoms with Gasteiger partial charge in [-0.1, -0.05) is 196 Å². The quantitative estimate of drug-likeness (QED) is 0.361. The molecule has 0 atom stereocenters. The molecule has 0 aliphatic heterocycles. The van der Waals surface area contributed by atoms with E-state index >= 15 is 0 Å². The maximum Gasteiger partial charge on any atom is -0.0533 e. The molecule has 6 saturated carbocycles. The van der Waals surface area contributed by atoms with Gasteiger partial charge in [-0.15, -0.1) is 0 Å². The van der Waals surface area contributed by atoms with Crippen molar-refractivity contribution in [1.29, 1.82) is 0 Å². The smallest absolute Gasteiger partial charge is 0.0533 e. The molecule has 0 saturated heterocycles. The van der Waals surface area contributed by atoms with Crippen molar-refractivity contribution >= 4 is 0 Å². The predicted molar refractivity (Wildman–Crippen MR) is 145 cm³/mol. The fraction of sp³-hybridized carbons (Fsp3) is 1.00. The van der Waals surface area contributed by atoms with Crippen molar-refractivity contribution in [1.82, 2.24) is 0 Å². The molecule has 0 amide bonds. The topological polar surface area (TPSA) is 0 Å². The van der Waals surface area contributed by atoms with Crippen LogP contribution in [0.5, 0.6) is 0 Å². The van der Waals surface area contributed by atoms with Crippen LogP contribution in [0.3, 0.4) is 0 Å². The van der Waals surface area contributed by atoms with Gasteiger partial charge >= 0.3 is 0 Å².